The molecule has 0 fully saturated rings. The summed E-state index contributed by atoms with van der Waals surface area (Å²) in [6, 6.07) is 1.11. The maximum atomic E-state index is 11.8. The molecule has 1 rings (SSSR count). The third-order valence-corrected chi connectivity index (χ3v) is 3.96. The highest BCUT2D eigenvalue weighted by molar-refractivity contribution is 7.89. The number of hydrogen-bond acceptors (Lipinski definition) is 3. The van der Waals surface area contributed by atoms with Crippen LogP contribution in [0.2, 0.25) is 0 Å². The van der Waals surface area contributed by atoms with E-state index in [-0.39, 0.29) is 10.6 Å². The van der Waals surface area contributed by atoms with Crippen molar-refractivity contribution in [3.8, 4) is 0 Å². The lowest BCUT2D eigenvalue weighted by Crippen LogP contribution is -2.24. The molecule has 6 nitrogen and oxygen atoms in total. The molecule has 1 aromatic heterocycles. The lowest BCUT2D eigenvalue weighted by atomic mass is 10.2. The van der Waals surface area contributed by atoms with E-state index in [0.717, 1.165) is 31.7 Å². The Hall–Kier alpha value is -1.34. The Kier molecular flexibility index (Phi) is 5.36. The second-order valence-electron chi connectivity index (χ2n) is 4.01. The summed E-state index contributed by atoms with van der Waals surface area (Å²) in [6.07, 6.45) is 5.11. The number of rotatable bonds is 8. The van der Waals surface area contributed by atoms with Crippen LogP contribution in [0.4, 0.5) is 0 Å². The van der Waals surface area contributed by atoms with Crippen LogP contribution < -0.4 is 4.72 Å². The summed E-state index contributed by atoms with van der Waals surface area (Å²) in [7, 11) is -3.60. The van der Waals surface area contributed by atoms with Gasteiger partial charge in [0.15, 0.2) is 0 Å². The summed E-state index contributed by atoms with van der Waals surface area (Å²) in [4.78, 5) is 13.0. The van der Waals surface area contributed by atoms with Crippen molar-refractivity contribution in [2.24, 2.45) is 0 Å². The molecule has 0 saturated carbocycles. The van der Waals surface area contributed by atoms with Crippen LogP contribution in [0.1, 0.15) is 43.1 Å². The maximum Gasteiger partial charge on any atom is 0.352 e. The van der Waals surface area contributed by atoms with E-state index in [9.17, 15) is 13.2 Å². The maximum absolute atomic E-state index is 11.8. The minimum atomic E-state index is -3.60. The second kappa shape index (κ2) is 6.55. The molecule has 0 saturated heterocycles. The lowest BCUT2D eigenvalue weighted by Gasteiger charge is -2.04. The average Bonchev–Trinajstić information content (AvgIpc) is 2.78. The Labute approximate surface area is 106 Å². The Balaban J connectivity index is 2.54. The highest BCUT2D eigenvalue weighted by atomic mass is 32.2. The molecule has 0 aromatic carbocycles. The average molecular weight is 274 g/mol. The third-order valence-electron chi connectivity index (χ3n) is 2.52. The second-order valence-corrected chi connectivity index (χ2v) is 5.78. The van der Waals surface area contributed by atoms with Gasteiger partial charge >= 0.3 is 5.97 Å². The van der Waals surface area contributed by atoms with Crippen molar-refractivity contribution in [1.82, 2.24) is 9.71 Å². The number of unbranched alkanes of at least 4 members (excludes halogenated alkanes) is 3. The van der Waals surface area contributed by atoms with Gasteiger partial charge in [0.05, 0.1) is 0 Å². The number of carbonyl (C=O) groups is 1. The number of nitrogens with one attached hydrogen (secondary N) is 2. The molecule has 0 bridgehead atoms. The molecule has 0 atom stereocenters. The van der Waals surface area contributed by atoms with Crippen molar-refractivity contribution in [3.63, 3.8) is 0 Å². The fraction of sp³-hybridized carbons (Fsp3) is 0.545. The summed E-state index contributed by atoms with van der Waals surface area (Å²) in [6.45, 7) is 2.45. The summed E-state index contributed by atoms with van der Waals surface area (Å²) < 4.78 is 26.0. The van der Waals surface area contributed by atoms with E-state index in [1.165, 1.54) is 6.20 Å². The van der Waals surface area contributed by atoms with Crippen LogP contribution >= 0.6 is 0 Å². The Morgan fingerprint density at radius 1 is 1.39 bits per heavy atom. The highest BCUT2D eigenvalue weighted by Crippen LogP contribution is 2.10. The van der Waals surface area contributed by atoms with Crippen molar-refractivity contribution < 1.29 is 18.3 Å². The van der Waals surface area contributed by atoms with E-state index in [2.05, 4.69) is 16.6 Å². The van der Waals surface area contributed by atoms with E-state index in [0.29, 0.717) is 6.54 Å². The van der Waals surface area contributed by atoms with Crippen LogP contribution in [-0.4, -0.2) is 31.0 Å². The Bertz CT molecular complexity index is 493. The first-order valence-electron chi connectivity index (χ1n) is 5.88. The molecule has 1 heterocycles. The molecule has 0 spiro atoms. The quantitative estimate of drug-likeness (QED) is 0.626. The van der Waals surface area contributed by atoms with Crippen LogP contribution in [0.3, 0.4) is 0 Å². The first-order chi connectivity index (χ1) is 8.47. The van der Waals surface area contributed by atoms with Gasteiger partial charge in [0.2, 0.25) is 10.0 Å². The zero-order valence-corrected chi connectivity index (χ0v) is 11.1. The normalized spacial score (nSPS) is 11.6. The van der Waals surface area contributed by atoms with Crippen LogP contribution in [0.15, 0.2) is 17.2 Å². The van der Waals surface area contributed by atoms with E-state index >= 15 is 0 Å². The molecule has 0 radical (unpaired) electrons. The SMILES string of the molecule is CCCCCCNS(=O)(=O)c1c[nH]c(C(=O)O)c1. The molecule has 3 N–H and O–H groups in total. The largest absolute Gasteiger partial charge is 0.477 e. The molecule has 18 heavy (non-hydrogen) atoms. The van der Waals surface area contributed by atoms with Crippen LogP contribution in [0, 0.1) is 0 Å². The fourth-order valence-corrected chi connectivity index (χ4v) is 2.56. The fourth-order valence-electron chi connectivity index (χ4n) is 1.49. The number of carboxylic acids is 1. The molecule has 1 aromatic rings. The smallest absolute Gasteiger partial charge is 0.352 e. The van der Waals surface area contributed by atoms with Gasteiger partial charge in [-0.15, -0.1) is 0 Å². The monoisotopic (exact) mass is 274 g/mol. The molecular weight excluding hydrogens is 256 g/mol. The number of aromatic nitrogens is 1. The molecule has 102 valence electrons. The first-order valence-corrected chi connectivity index (χ1v) is 7.37. The number of H-pyrrole nitrogens is 1. The van der Waals surface area contributed by atoms with Gasteiger partial charge < -0.3 is 10.1 Å². The van der Waals surface area contributed by atoms with Gasteiger partial charge in [0.1, 0.15) is 10.6 Å². The van der Waals surface area contributed by atoms with Gasteiger partial charge in [-0.25, -0.2) is 17.9 Å². The summed E-state index contributed by atoms with van der Waals surface area (Å²) >= 11 is 0. The summed E-state index contributed by atoms with van der Waals surface area (Å²) in [5.74, 6) is -1.18. The third kappa shape index (κ3) is 4.15. The summed E-state index contributed by atoms with van der Waals surface area (Å²) in [5.41, 5.74) is -0.138. The van der Waals surface area contributed by atoms with Gasteiger partial charge in [0, 0.05) is 12.7 Å². The molecule has 0 aliphatic rings. The van der Waals surface area contributed by atoms with Crippen molar-refractivity contribution in [2.45, 2.75) is 37.5 Å². The van der Waals surface area contributed by atoms with Crippen molar-refractivity contribution in [1.29, 1.82) is 0 Å². The zero-order chi connectivity index (χ0) is 13.6. The Morgan fingerprint density at radius 2 is 2.11 bits per heavy atom. The molecule has 0 aliphatic carbocycles. The molecular formula is C11H18N2O4S. The number of hydrogen-bond donors (Lipinski definition) is 3. The Morgan fingerprint density at radius 3 is 2.67 bits per heavy atom. The van der Waals surface area contributed by atoms with E-state index < -0.39 is 16.0 Å². The van der Waals surface area contributed by atoms with Crippen molar-refractivity contribution >= 4 is 16.0 Å². The van der Waals surface area contributed by atoms with Crippen LogP contribution in [-0.2, 0) is 10.0 Å². The molecule has 0 unspecified atom stereocenters. The molecule has 0 amide bonds. The predicted molar refractivity (Wildman–Crippen MR) is 67.1 cm³/mol. The van der Waals surface area contributed by atoms with Gasteiger partial charge in [-0.3, -0.25) is 0 Å². The minimum absolute atomic E-state index is 0.0459. The molecule has 7 heteroatoms. The topological polar surface area (TPSA) is 99.3 Å². The van der Waals surface area contributed by atoms with Gasteiger partial charge in [0.25, 0.3) is 0 Å². The van der Waals surface area contributed by atoms with Crippen LogP contribution in [0.5, 0.6) is 0 Å². The zero-order valence-electron chi connectivity index (χ0n) is 10.3. The van der Waals surface area contributed by atoms with Crippen molar-refractivity contribution in [3.05, 3.63) is 18.0 Å². The lowest BCUT2D eigenvalue weighted by molar-refractivity contribution is 0.0691. The van der Waals surface area contributed by atoms with E-state index in [4.69, 9.17) is 5.11 Å². The van der Waals surface area contributed by atoms with Gasteiger partial charge in [-0.1, -0.05) is 26.2 Å². The van der Waals surface area contributed by atoms with Crippen molar-refractivity contribution in [2.75, 3.05) is 6.54 Å². The minimum Gasteiger partial charge on any atom is -0.477 e. The van der Waals surface area contributed by atoms with Gasteiger partial charge in [-0.05, 0) is 12.5 Å². The predicted octanol–water partition coefficient (Wildman–Crippen LogP) is 1.57. The van der Waals surface area contributed by atoms with E-state index in [1.807, 2.05) is 0 Å². The van der Waals surface area contributed by atoms with Gasteiger partial charge in [-0.2, -0.15) is 0 Å². The number of aromatic amines is 1. The number of aromatic carboxylic acids is 1. The standard InChI is InChI=1S/C11H18N2O4S/c1-2-3-4-5-6-13-18(16,17)9-7-10(11(14)15)12-8-9/h7-8,12-13H,2-6H2,1H3,(H,14,15). The number of carboxylic acid groups (broad SMARTS) is 1. The van der Waals surface area contributed by atoms with E-state index in [1.54, 1.807) is 0 Å². The van der Waals surface area contributed by atoms with Crippen LogP contribution in [0.25, 0.3) is 0 Å². The first kappa shape index (κ1) is 14.7. The number of sulfonamides is 1. The summed E-state index contributed by atoms with van der Waals surface area (Å²) in [5, 5.41) is 8.69. The molecule has 0 aliphatic heterocycles. The highest BCUT2D eigenvalue weighted by Gasteiger charge is 2.17.